The van der Waals surface area contributed by atoms with Gasteiger partial charge in [-0.25, -0.2) is 4.99 Å². The normalized spacial score (nSPS) is 14.1. The number of furan rings is 1. The third kappa shape index (κ3) is 6.57. The molecule has 0 amide bonds. The van der Waals surface area contributed by atoms with E-state index in [2.05, 4.69) is 25.8 Å². The van der Waals surface area contributed by atoms with Crippen LogP contribution in [0, 0.1) is 20.8 Å². The smallest absolute Gasteiger partial charge is 0.191 e. The van der Waals surface area contributed by atoms with E-state index in [9.17, 15) is 5.11 Å². The van der Waals surface area contributed by atoms with Crippen molar-refractivity contribution in [3.05, 3.63) is 34.8 Å². The summed E-state index contributed by atoms with van der Waals surface area (Å²) < 4.78 is 12.9. The molecule has 0 aliphatic heterocycles. The molecule has 0 fully saturated rings. The molecule has 2 aromatic rings. The van der Waals surface area contributed by atoms with Gasteiger partial charge in [0, 0.05) is 32.4 Å². The number of nitrogens with zero attached hydrogens (tertiary/aromatic N) is 4. The van der Waals surface area contributed by atoms with Crippen LogP contribution in [0.1, 0.15) is 49.0 Å². The number of aromatic nitrogens is 3. The standard InChI is InChI=1S/C20H34N6O3/c1-7-28-10-8-9-21-19(22-12-18-25-24-16(4)26(18)6)23-13-20(5,27)17-11-14(2)29-15(17)3/h11,27H,7-10,12-13H2,1-6H3,(H2,21,22,23). The van der Waals surface area contributed by atoms with Crippen LogP contribution in [-0.4, -0.2) is 52.1 Å². The molecule has 0 saturated carbocycles. The summed E-state index contributed by atoms with van der Waals surface area (Å²) in [6.07, 6.45) is 0.855. The van der Waals surface area contributed by atoms with Crippen molar-refractivity contribution in [2.75, 3.05) is 26.3 Å². The van der Waals surface area contributed by atoms with E-state index in [1.165, 1.54) is 0 Å². The molecule has 0 radical (unpaired) electrons. The van der Waals surface area contributed by atoms with Crippen LogP contribution in [-0.2, 0) is 23.9 Å². The minimum Gasteiger partial charge on any atom is -0.466 e. The average molecular weight is 407 g/mol. The maximum Gasteiger partial charge on any atom is 0.191 e. The molecule has 0 aromatic carbocycles. The molecule has 0 spiro atoms. The average Bonchev–Trinajstić information content (AvgIpc) is 3.18. The maximum absolute atomic E-state index is 11.0. The first kappa shape index (κ1) is 22.9. The molecule has 0 saturated heterocycles. The molecule has 162 valence electrons. The first-order valence-corrected chi connectivity index (χ1v) is 9.99. The van der Waals surface area contributed by atoms with Crippen molar-refractivity contribution >= 4 is 5.96 Å². The summed E-state index contributed by atoms with van der Waals surface area (Å²) in [5.74, 6) is 3.69. The second-order valence-corrected chi connectivity index (χ2v) is 7.32. The number of aryl methyl sites for hydroxylation is 3. The Hall–Kier alpha value is -2.39. The Kier molecular flexibility index (Phi) is 8.21. The predicted octanol–water partition coefficient (Wildman–Crippen LogP) is 1.70. The van der Waals surface area contributed by atoms with E-state index in [1.54, 1.807) is 6.92 Å². The molecule has 2 aromatic heterocycles. The second-order valence-electron chi connectivity index (χ2n) is 7.32. The van der Waals surface area contributed by atoms with E-state index < -0.39 is 5.60 Å². The van der Waals surface area contributed by atoms with Crippen molar-refractivity contribution in [3.63, 3.8) is 0 Å². The summed E-state index contributed by atoms with van der Waals surface area (Å²) >= 11 is 0. The zero-order valence-corrected chi connectivity index (χ0v) is 18.4. The van der Waals surface area contributed by atoms with Crippen LogP contribution in [0.5, 0.6) is 0 Å². The van der Waals surface area contributed by atoms with Crippen LogP contribution in [0.25, 0.3) is 0 Å². The summed E-state index contributed by atoms with van der Waals surface area (Å²) in [4.78, 5) is 4.61. The summed E-state index contributed by atoms with van der Waals surface area (Å²) in [5, 5.41) is 25.7. The lowest BCUT2D eigenvalue weighted by Gasteiger charge is -2.24. The minimum absolute atomic E-state index is 0.280. The Bertz CT molecular complexity index is 809. The molecule has 0 aliphatic rings. The van der Waals surface area contributed by atoms with Gasteiger partial charge in [-0.2, -0.15) is 0 Å². The Morgan fingerprint density at radius 2 is 2.07 bits per heavy atom. The van der Waals surface area contributed by atoms with Crippen molar-refractivity contribution in [2.45, 2.75) is 53.2 Å². The second kappa shape index (κ2) is 10.4. The number of aliphatic hydroxyl groups is 1. The largest absolute Gasteiger partial charge is 0.466 e. The Morgan fingerprint density at radius 3 is 2.66 bits per heavy atom. The molecular weight excluding hydrogens is 372 g/mol. The van der Waals surface area contributed by atoms with E-state index in [0.29, 0.717) is 38.0 Å². The quantitative estimate of drug-likeness (QED) is 0.313. The third-order valence-electron chi connectivity index (χ3n) is 4.74. The van der Waals surface area contributed by atoms with Gasteiger partial charge >= 0.3 is 0 Å². The lowest BCUT2D eigenvalue weighted by Crippen LogP contribution is -2.45. The van der Waals surface area contributed by atoms with E-state index in [1.807, 2.05) is 45.4 Å². The number of hydrogen-bond acceptors (Lipinski definition) is 6. The van der Waals surface area contributed by atoms with E-state index >= 15 is 0 Å². The van der Waals surface area contributed by atoms with Gasteiger partial charge in [-0.15, -0.1) is 10.2 Å². The monoisotopic (exact) mass is 406 g/mol. The zero-order chi connectivity index (χ0) is 21.4. The highest BCUT2D eigenvalue weighted by atomic mass is 16.5. The van der Waals surface area contributed by atoms with E-state index in [4.69, 9.17) is 9.15 Å². The highest BCUT2D eigenvalue weighted by Crippen LogP contribution is 2.26. The number of nitrogens with one attached hydrogen (secondary N) is 2. The lowest BCUT2D eigenvalue weighted by molar-refractivity contribution is 0.0601. The van der Waals surface area contributed by atoms with Crippen molar-refractivity contribution < 1.29 is 14.3 Å². The topological polar surface area (TPSA) is 110 Å². The number of guanidine groups is 1. The Morgan fingerprint density at radius 1 is 1.31 bits per heavy atom. The number of hydrogen-bond donors (Lipinski definition) is 3. The van der Waals surface area contributed by atoms with Gasteiger partial charge in [-0.05, 0) is 47.1 Å². The van der Waals surface area contributed by atoms with E-state index in [0.717, 1.165) is 29.4 Å². The molecule has 2 rings (SSSR count). The fraction of sp³-hybridized carbons (Fsp3) is 0.650. The van der Waals surface area contributed by atoms with Crippen molar-refractivity contribution in [2.24, 2.45) is 12.0 Å². The van der Waals surface area contributed by atoms with Crippen molar-refractivity contribution in [3.8, 4) is 0 Å². The van der Waals surface area contributed by atoms with Gasteiger partial charge in [0.1, 0.15) is 29.5 Å². The SMILES string of the molecule is CCOCCCNC(=NCc1nnc(C)n1C)NCC(C)(O)c1cc(C)oc1C. The summed E-state index contributed by atoms with van der Waals surface area (Å²) in [6.45, 7) is 12.1. The predicted molar refractivity (Wildman–Crippen MR) is 112 cm³/mol. The van der Waals surface area contributed by atoms with Crippen LogP contribution >= 0.6 is 0 Å². The molecule has 1 unspecified atom stereocenters. The Balaban J connectivity index is 2.04. The molecule has 29 heavy (non-hydrogen) atoms. The molecule has 9 heteroatoms. The van der Waals surface area contributed by atoms with Gasteiger partial charge in [-0.1, -0.05) is 0 Å². The van der Waals surface area contributed by atoms with Gasteiger partial charge in [0.25, 0.3) is 0 Å². The lowest BCUT2D eigenvalue weighted by atomic mass is 9.96. The highest BCUT2D eigenvalue weighted by molar-refractivity contribution is 5.79. The van der Waals surface area contributed by atoms with Crippen molar-refractivity contribution in [1.29, 1.82) is 0 Å². The third-order valence-corrected chi connectivity index (χ3v) is 4.74. The highest BCUT2D eigenvalue weighted by Gasteiger charge is 2.28. The number of aliphatic imine (C=N–C) groups is 1. The van der Waals surface area contributed by atoms with Gasteiger partial charge in [0.15, 0.2) is 11.8 Å². The fourth-order valence-electron chi connectivity index (χ4n) is 2.95. The first-order valence-electron chi connectivity index (χ1n) is 9.99. The molecule has 0 aliphatic carbocycles. The van der Waals surface area contributed by atoms with Gasteiger partial charge in [0.05, 0.1) is 6.54 Å². The molecule has 9 nitrogen and oxygen atoms in total. The van der Waals surface area contributed by atoms with Crippen molar-refractivity contribution in [1.82, 2.24) is 25.4 Å². The molecule has 0 bridgehead atoms. The minimum atomic E-state index is -1.10. The van der Waals surface area contributed by atoms with Crippen LogP contribution in [0.3, 0.4) is 0 Å². The molecule has 3 N–H and O–H groups in total. The maximum atomic E-state index is 11.0. The van der Waals surface area contributed by atoms with Gasteiger partial charge < -0.3 is 29.5 Å². The van der Waals surface area contributed by atoms with Gasteiger partial charge in [-0.3, -0.25) is 0 Å². The molecular formula is C20H34N6O3. The van der Waals surface area contributed by atoms with Crippen LogP contribution in [0.2, 0.25) is 0 Å². The number of ether oxygens (including phenoxy) is 1. The summed E-state index contributed by atoms with van der Waals surface area (Å²) in [7, 11) is 1.91. The van der Waals surface area contributed by atoms with Crippen LogP contribution in [0.15, 0.2) is 15.5 Å². The zero-order valence-electron chi connectivity index (χ0n) is 18.4. The molecule has 1 atom stereocenters. The fourth-order valence-corrected chi connectivity index (χ4v) is 2.95. The first-order chi connectivity index (χ1) is 13.7. The summed E-state index contributed by atoms with van der Waals surface area (Å²) in [5.41, 5.74) is -0.334. The Labute approximate surface area is 172 Å². The number of rotatable bonds is 10. The molecule has 2 heterocycles. The van der Waals surface area contributed by atoms with Gasteiger partial charge in [0.2, 0.25) is 0 Å². The van der Waals surface area contributed by atoms with Crippen LogP contribution < -0.4 is 10.6 Å². The summed E-state index contributed by atoms with van der Waals surface area (Å²) in [6, 6.07) is 1.87. The van der Waals surface area contributed by atoms with E-state index in [-0.39, 0.29) is 6.54 Å². The van der Waals surface area contributed by atoms with Crippen LogP contribution in [0.4, 0.5) is 0 Å².